The summed E-state index contributed by atoms with van der Waals surface area (Å²) in [4.78, 5) is 13.7. The van der Waals surface area contributed by atoms with Gasteiger partial charge in [0.1, 0.15) is 0 Å². The fraction of sp³-hybridized carbons (Fsp3) is 0.909. The van der Waals surface area contributed by atoms with E-state index >= 15 is 0 Å². The summed E-state index contributed by atoms with van der Waals surface area (Å²) >= 11 is 4.29. The van der Waals surface area contributed by atoms with Gasteiger partial charge in [0.25, 0.3) is 0 Å². The molecule has 1 saturated carbocycles. The molecule has 88 valence electrons. The number of thiol groups is 1. The number of carbonyl (C=O) groups excluding carboxylic acids is 1. The zero-order valence-electron chi connectivity index (χ0n) is 9.57. The molecule has 0 unspecified atom stereocenters. The third-order valence-corrected chi connectivity index (χ3v) is 3.77. The minimum Gasteiger partial charge on any atom is -0.395 e. The van der Waals surface area contributed by atoms with Gasteiger partial charge in [0.15, 0.2) is 0 Å². The molecule has 0 atom stereocenters. The first-order valence-electron chi connectivity index (χ1n) is 5.56. The largest absolute Gasteiger partial charge is 0.395 e. The highest BCUT2D eigenvalue weighted by atomic mass is 32.1. The van der Waals surface area contributed by atoms with E-state index in [1.54, 1.807) is 4.90 Å². The van der Waals surface area contributed by atoms with Crippen molar-refractivity contribution in [2.75, 3.05) is 18.9 Å². The molecule has 1 N–H and O–H groups in total. The predicted octanol–water partition coefficient (Wildman–Crippen LogP) is 1.32. The van der Waals surface area contributed by atoms with Crippen LogP contribution >= 0.6 is 12.6 Å². The van der Waals surface area contributed by atoms with Crippen molar-refractivity contribution < 1.29 is 9.90 Å². The molecule has 15 heavy (non-hydrogen) atoms. The normalized spacial score (nSPS) is 17.9. The smallest absolute Gasteiger partial charge is 0.223 e. The zero-order chi connectivity index (χ0) is 11.5. The topological polar surface area (TPSA) is 40.5 Å². The maximum atomic E-state index is 12.0. The molecule has 0 aromatic carbocycles. The van der Waals surface area contributed by atoms with Gasteiger partial charge in [-0.3, -0.25) is 4.79 Å². The highest BCUT2D eigenvalue weighted by Gasteiger charge is 2.43. The van der Waals surface area contributed by atoms with Crippen LogP contribution in [0.1, 0.15) is 33.1 Å². The minimum atomic E-state index is 0.0395. The molecule has 0 saturated heterocycles. The van der Waals surface area contributed by atoms with E-state index in [0.717, 1.165) is 18.6 Å². The molecule has 1 rings (SSSR count). The second-order valence-electron chi connectivity index (χ2n) is 4.74. The molecule has 1 fully saturated rings. The van der Waals surface area contributed by atoms with Crippen LogP contribution in [0.15, 0.2) is 0 Å². The van der Waals surface area contributed by atoms with Crippen LogP contribution in [0.25, 0.3) is 0 Å². The fourth-order valence-corrected chi connectivity index (χ4v) is 2.20. The van der Waals surface area contributed by atoms with Crippen molar-refractivity contribution in [3.63, 3.8) is 0 Å². The van der Waals surface area contributed by atoms with Crippen LogP contribution in [-0.2, 0) is 4.79 Å². The third kappa shape index (κ3) is 3.38. The van der Waals surface area contributed by atoms with Crippen LogP contribution in [-0.4, -0.2) is 40.9 Å². The summed E-state index contributed by atoms with van der Waals surface area (Å²) in [6.07, 6.45) is 2.83. The number of amides is 1. The Labute approximate surface area is 97.3 Å². The lowest BCUT2D eigenvalue weighted by Gasteiger charge is -2.27. The molecular formula is C11H21NO2S. The van der Waals surface area contributed by atoms with Gasteiger partial charge in [-0.1, -0.05) is 0 Å². The number of carbonyl (C=O) groups is 1. The summed E-state index contributed by atoms with van der Waals surface area (Å²) in [6, 6.07) is 0.167. The van der Waals surface area contributed by atoms with Gasteiger partial charge in [-0.25, -0.2) is 0 Å². The Bertz CT molecular complexity index is 227. The molecular weight excluding hydrogens is 210 g/mol. The molecule has 1 aliphatic carbocycles. The first-order chi connectivity index (χ1) is 7.04. The van der Waals surface area contributed by atoms with Crippen molar-refractivity contribution in [3.8, 4) is 0 Å². The Hall–Kier alpha value is -0.220. The maximum Gasteiger partial charge on any atom is 0.223 e. The van der Waals surface area contributed by atoms with E-state index in [1.807, 2.05) is 13.8 Å². The molecule has 1 amide bonds. The van der Waals surface area contributed by atoms with Crippen LogP contribution in [0.5, 0.6) is 0 Å². The number of hydrogen-bond donors (Lipinski definition) is 2. The van der Waals surface area contributed by atoms with Crippen molar-refractivity contribution in [2.45, 2.75) is 39.2 Å². The van der Waals surface area contributed by atoms with E-state index in [0.29, 0.717) is 13.0 Å². The molecule has 4 heteroatoms. The molecule has 0 spiro atoms. The second kappa shape index (κ2) is 5.21. The van der Waals surface area contributed by atoms with Crippen molar-refractivity contribution >= 4 is 18.5 Å². The van der Waals surface area contributed by atoms with Crippen LogP contribution in [0, 0.1) is 5.41 Å². The Kier molecular flexibility index (Phi) is 4.46. The summed E-state index contributed by atoms with van der Waals surface area (Å²) < 4.78 is 0. The first-order valence-corrected chi connectivity index (χ1v) is 6.19. The van der Waals surface area contributed by atoms with Gasteiger partial charge in [0.05, 0.1) is 6.61 Å². The number of aliphatic hydroxyl groups is 1. The number of rotatable bonds is 6. The lowest BCUT2D eigenvalue weighted by Crippen LogP contribution is -2.40. The van der Waals surface area contributed by atoms with Gasteiger partial charge in [0, 0.05) is 19.0 Å². The van der Waals surface area contributed by atoms with Crippen LogP contribution in [0.4, 0.5) is 0 Å². The van der Waals surface area contributed by atoms with Crippen molar-refractivity contribution in [1.29, 1.82) is 0 Å². The highest BCUT2D eigenvalue weighted by molar-refractivity contribution is 7.80. The van der Waals surface area contributed by atoms with E-state index in [4.69, 9.17) is 5.11 Å². The summed E-state index contributed by atoms with van der Waals surface area (Å²) in [5.74, 6) is 0.953. The zero-order valence-corrected chi connectivity index (χ0v) is 10.5. The van der Waals surface area contributed by atoms with E-state index in [-0.39, 0.29) is 24.0 Å². The van der Waals surface area contributed by atoms with Crippen molar-refractivity contribution in [1.82, 2.24) is 4.90 Å². The average molecular weight is 231 g/mol. The monoisotopic (exact) mass is 231 g/mol. The van der Waals surface area contributed by atoms with Crippen LogP contribution in [0.2, 0.25) is 0 Å². The summed E-state index contributed by atoms with van der Waals surface area (Å²) in [5, 5.41) is 8.90. The maximum absolute atomic E-state index is 12.0. The summed E-state index contributed by atoms with van der Waals surface area (Å²) in [6.45, 7) is 4.44. The molecule has 0 heterocycles. The van der Waals surface area contributed by atoms with Gasteiger partial charge in [-0.15, -0.1) is 0 Å². The lowest BCUT2D eigenvalue weighted by atomic mass is 10.0. The van der Waals surface area contributed by atoms with E-state index in [1.165, 1.54) is 0 Å². The third-order valence-electron chi connectivity index (χ3n) is 3.10. The Morgan fingerprint density at radius 1 is 1.53 bits per heavy atom. The molecule has 0 aromatic rings. The van der Waals surface area contributed by atoms with Gasteiger partial charge < -0.3 is 10.0 Å². The quantitative estimate of drug-likeness (QED) is 0.677. The van der Waals surface area contributed by atoms with Gasteiger partial charge >= 0.3 is 0 Å². The first kappa shape index (κ1) is 12.8. The molecule has 0 aromatic heterocycles. The second-order valence-corrected chi connectivity index (χ2v) is 5.06. The molecule has 0 radical (unpaired) electrons. The highest BCUT2D eigenvalue weighted by Crippen LogP contribution is 2.49. The van der Waals surface area contributed by atoms with E-state index in [9.17, 15) is 4.79 Å². The summed E-state index contributed by atoms with van der Waals surface area (Å²) in [7, 11) is 0. The number of hydrogen-bond acceptors (Lipinski definition) is 3. The number of aliphatic hydroxyl groups excluding tert-OH is 1. The van der Waals surface area contributed by atoms with Crippen LogP contribution in [0.3, 0.4) is 0 Å². The van der Waals surface area contributed by atoms with E-state index in [2.05, 4.69) is 12.6 Å². The van der Waals surface area contributed by atoms with Gasteiger partial charge in [-0.2, -0.15) is 12.6 Å². The number of nitrogens with zero attached hydrogens (tertiary/aromatic N) is 1. The van der Waals surface area contributed by atoms with Crippen LogP contribution < -0.4 is 0 Å². The lowest BCUT2D eigenvalue weighted by molar-refractivity contribution is -0.134. The van der Waals surface area contributed by atoms with E-state index < -0.39 is 0 Å². The SMILES string of the molecule is CC(C)N(CCO)C(=O)CC1(CS)CC1. The standard InChI is InChI=1S/C11H21NO2S/c1-9(2)12(5-6-13)10(14)7-11(8-15)3-4-11/h9,13,15H,3-8H2,1-2H3. The molecule has 3 nitrogen and oxygen atoms in total. The Balaban J connectivity index is 2.49. The van der Waals surface area contributed by atoms with Crippen molar-refractivity contribution in [3.05, 3.63) is 0 Å². The molecule has 1 aliphatic rings. The molecule has 0 bridgehead atoms. The predicted molar refractivity (Wildman–Crippen MR) is 64.1 cm³/mol. The Morgan fingerprint density at radius 2 is 2.13 bits per heavy atom. The average Bonchev–Trinajstić information content (AvgIpc) is 2.94. The fourth-order valence-electron chi connectivity index (χ4n) is 1.77. The van der Waals surface area contributed by atoms with Gasteiger partial charge in [0.2, 0.25) is 5.91 Å². The van der Waals surface area contributed by atoms with Gasteiger partial charge in [-0.05, 0) is 37.9 Å². The summed E-state index contributed by atoms with van der Waals surface area (Å²) in [5.41, 5.74) is 0.169. The molecule has 0 aliphatic heterocycles. The van der Waals surface area contributed by atoms with Crippen molar-refractivity contribution in [2.24, 2.45) is 5.41 Å². The minimum absolute atomic E-state index is 0.0395. The Morgan fingerprint density at radius 3 is 2.47 bits per heavy atom.